The molecule has 0 saturated carbocycles. The van der Waals surface area contributed by atoms with Crippen LogP contribution in [0.2, 0.25) is 0 Å². The lowest BCUT2D eigenvalue weighted by molar-refractivity contribution is -0.911. The van der Waals surface area contributed by atoms with E-state index in [2.05, 4.69) is 19.3 Å². The van der Waals surface area contributed by atoms with Crippen molar-refractivity contribution in [3.63, 3.8) is 0 Å². The highest BCUT2D eigenvalue weighted by Gasteiger charge is 2.23. The lowest BCUT2D eigenvalue weighted by Crippen LogP contribution is -3.00. The van der Waals surface area contributed by atoms with E-state index in [9.17, 15) is 0 Å². The van der Waals surface area contributed by atoms with Crippen LogP contribution >= 0.6 is 0 Å². The number of nitrogens with zero attached hydrogens (tertiary/aromatic N) is 1. The van der Waals surface area contributed by atoms with E-state index in [1.54, 1.807) is 0 Å². The molecule has 0 bridgehead atoms. The molecule has 3 heteroatoms. The van der Waals surface area contributed by atoms with Crippen molar-refractivity contribution in [2.75, 3.05) is 39.8 Å². The quantitative estimate of drug-likeness (QED) is 0.443. The van der Waals surface area contributed by atoms with E-state index >= 15 is 0 Å². The molecular weight excluding hydrogens is 268 g/mol. The summed E-state index contributed by atoms with van der Waals surface area (Å²) in [6, 6.07) is 0. The van der Waals surface area contributed by atoms with Crippen molar-refractivity contribution in [2.24, 2.45) is 0 Å². The van der Waals surface area contributed by atoms with E-state index < -0.39 is 0 Å². The van der Waals surface area contributed by atoms with Crippen molar-refractivity contribution < 1.29 is 16.9 Å². The first-order valence-electron chi connectivity index (χ1n) is 8.81. The molecule has 0 aromatic carbocycles. The number of likely N-dealkylation sites (N-methyl/N-ethyl adjacent to an activating group) is 1. The predicted octanol–water partition coefficient (Wildman–Crippen LogP) is 0.961. The molecule has 1 N–H and O–H groups in total. The molecule has 0 aliphatic carbocycles. The van der Waals surface area contributed by atoms with Crippen LogP contribution in [0.1, 0.15) is 71.1 Å². The maximum atomic E-state index is 3.46. The smallest absolute Gasteiger partial charge is 0.0911 e. The zero-order chi connectivity index (χ0) is 13.8. The first-order chi connectivity index (χ1) is 9.27. The number of halogens is 1. The number of hydrogen-bond donors (Lipinski definition) is 1. The Morgan fingerprint density at radius 2 is 1.20 bits per heavy atom. The first-order valence-corrected chi connectivity index (χ1v) is 8.81. The number of hydrogen-bond acceptors (Lipinski definition) is 1. The Morgan fingerprint density at radius 3 is 1.70 bits per heavy atom. The van der Waals surface area contributed by atoms with Crippen LogP contribution in [0.5, 0.6) is 0 Å². The maximum Gasteiger partial charge on any atom is 0.0911 e. The number of piperazine rings is 1. The van der Waals surface area contributed by atoms with Gasteiger partial charge >= 0.3 is 0 Å². The largest absolute Gasteiger partial charge is 1.00 e. The third-order valence-corrected chi connectivity index (χ3v) is 4.71. The third kappa shape index (κ3) is 10.0. The van der Waals surface area contributed by atoms with Crippen molar-refractivity contribution in [1.82, 2.24) is 5.32 Å². The van der Waals surface area contributed by atoms with Gasteiger partial charge in [-0.2, -0.15) is 0 Å². The van der Waals surface area contributed by atoms with Crippen LogP contribution in [0.3, 0.4) is 0 Å². The third-order valence-electron chi connectivity index (χ3n) is 4.71. The highest BCUT2D eigenvalue weighted by Crippen LogP contribution is 2.12. The Morgan fingerprint density at radius 1 is 0.750 bits per heavy atom. The minimum atomic E-state index is 0. The molecule has 1 aliphatic heterocycles. The monoisotopic (exact) mass is 304 g/mol. The number of nitrogens with one attached hydrogen (secondary N) is 1. The molecule has 0 spiro atoms. The van der Waals surface area contributed by atoms with Gasteiger partial charge in [-0.1, -0.05) is 58.3 Å². The van der Waals surface area contributed by atoms with Crippen LogP contribution < -0.4 is 17.7 Å². The highest BCUT2D eigenvalue weighted by atomic mass is 35.5. The van der Waals surface area contributed by atoms with Crippen LogP contribution in [-0.4, -0.2) is 44.3 Å². The molecule has 1 heterocycles. The fraction of sp³-hybridized carbons (Fsp3) is 1.00. The van der Waals surface area contributed by atoms with E-state index in [1.807, 2.05) is 0 Å². The molecule has 122 valence electrons. The minimum Gasteiger partial charge on any atom is -1.00 e. The minimum absolute atomic E-state index is 0. The van der Waals surface area contributed by atoms with Gasteiger partial charge in [-0.15, -0.1) is 0 Å². The van der Waals surface area contributed by atoms with Crippen LogP contribution in [0.25, 0.3) is 0 Å². The second kappa shape index (κ2) is 12.9. The highest BCUT2D eigenvalue weighted by molar-refractivity contribution is 4.56. The summed E-state index contributed by atoms with van der Waals surface area (Å²) in [7, 11) is 2.44. The Kier molecular flexibility index (Phi) is 13.0. The van der Waals surface area contributed by atoms with Gasteiger partial charge in [-0.25, -0.2) is 0 Å². The SMILES string of the molecule is CCCCCCCCCCCC[N+]1(C)CCNCC1.[Cl-]. The summed E-state index contributed by atoms with van der Waals surface area (Å²) < 4.78 is 1.31. The second-order valence-electron chi connectivity index (χ2n) is 6.72. The molecule has 0 aromatic rings. The zero-order valence-electron chi connectivity index (χ0n) is 13.9. The second-order valence-corrected chi connectivity index (χ2v) is 6.72. The van der Waals surface area contributed by atoms with Crippen molar-refractivity contribution in [2.45, 2.75) is 71.1 Å². The van der Waals surface area contributed by atoms with Gasteiger partial charge in [-0.3, -0.25) is 0 Å². The molecular formula is C17H37ClN2. The number of unbranched alkanes of at least 4 members (excludes halogenated alkanes) is 9. The van der Waals surface area contributed by atoms with Gasteiger partial charge in [0.25, 0.3) is 0 Å². The van der Waals surface area contributed by atoms with E-state index in [0.29, 0.717) is 0 Å². The van der Waals surface area contributed by atoms with Gasteiger partial charge in [0.05, 0.1) is 26.7 Å². The normalized spacial score (nSPS) is 17.7. The lowest BCUT2D eigenvalue weighted by Gasteiger charge is -2.38. The van der Waals surface area contributed by atoms with Gasteiger partial charge in [0.1, 0.15) is 0 Å². The van der Waals surface area contributed by atoms with Gasteiger partial charge < -0.3 is 22.2 Å². The maximum absolute atomic E-state index is 3.46. The summed E-state index contributed by atoms with van der Waals surface area (Å²) in [5.41, 5.74) is 0. The summed E-state index contributed by atoms with van der Waals surface area (Å²) in [6.45, 7) is 8.79. The summed E-state index contributed by atoms with van der Waals surface area (Å²) >= 11 is 0. The van der Waals surface area contributed by atoms with Crippen molar-refractivity contribution in [3.8, 4) is 0 Å². The van der Waals surface area contributed by atoms with Crippen LogP contribution in [0.4, 0.5) is 0 Å². The fourth-order valence-electron chi connectivity index (χ4n) is 3.14. The Labute approximate surface area is 133 Å². The first kappa shape index (κ1) is 20.2. The molecule has 0 radical (unpaired) electrons. The Hall–Kier alpha value is 0.210. The van der Waals surface area contributed by atoms with E-state index in [4.69, 9.17) is 0 Å². The molecule has 1 rings (SSSR count). The zero-order valence-corrected chi connectivity index (χ0v) is 14.7. The van der Waals surface area contributed by atoms with Crippen molar-refractivity contribution in [1.29, 1.82) is 0 Å². The molecule has 0 aromatic heterocycles. The fourth-order valence-corrected chi connectivity index (χ4v) is 3.14. The van der Waals surface area contributed by atoms with E-state index in [0.717, 1.165) is 0 Å². The topological polar surface area (TPSA) is 12.0 Å². The molecule has 1 fully saturated rings. The molecule has 20 heavy (non-hydrogen) atoms. The summed E-state index contributed by atoms with van der Waals surface area (Å²) in [5, 5.41) is 3.46. The summed E-state index contributed by atoms with van der Waals surface area (Å²) in [4.78, 5) is 0. The summed E-state index contributed by atoms with van der Waals surface area (Å²) in [6.07, 6.45) is 14.5. The van der Waals surface area contributed by atoms with Crippen LogP contribution in [-0.2, 0) is 0 Å². The van der Waals surface area contributed by atoms with Crippen LogP contribution in [0, 0.1) is 0 Å². The van der Waals surface area contributed by atoms with E-state index in [1.165, 1.54) is 101 Å². The van der Waals surface area contributed by atoms with Gasteiger partial charge in [0.2, 0.25) is 0 Å². The molecule has 0 atom stereocenters. The summed E-state index contributed by atoms with van der Waals surface area (Å²) in [5.74, 6) is 0. The molecule has 2 nitrogen and oxygen atoms in total. The van der Waals surface area contributed by atoms with Gasteiger partial charge in [-0.05, 0) is 12.8 Å². The predicted molar refractivity (Wildman–Crippen MR) is 85.5 cm³/mol. The molecule has 1 saturated heterocycles. The molecule has 0 unspecified atom stereocenters. The molecule has 0 amide bonds. The van der Waals surface area contributed by atoms with Crippen molar-refractivity contribution in [3.05, 3.63) is 0 Å². The molecule has 1 aliphatic rings. The van der Waals surface area contributed by atoms with Gasteiger partial charge in [0, 0.05) is 13.1 Å². The average Bonchev–Trinajstić information content (AvgIpc) is 2.42. The van der Waals surface area contributed by atoms with Gasteiger partial charge in [0.15, 0.2) is 0 Å². The lowest BCUT2D eigenvalue weighted by atomic mass is 10.1. The number of quaternary nitrogens is 1. The van der Waals surface area contributed by atoms with E-state index in [-0.39, 0.29) is 12.4 Å². The Balaban J connectivity index is 0.00000361. The average molecular weight is 305 g/mol. The number of rotatable bonds is 11. The Bertz CT molecular complexity index is 203. The van der Waals surface area contributed by atoms with Crippen LogP contribution in [0.15, 0.2) is 0 Å². The standard InChI is InChI=1S/C17H37N2.ClH/c1-3-4-5-6-7-8-9-10-11-12-15-19(2)16-13-18-14-17-19;/h18H,3-17H2,1-2H3;1H/q+1;/p-1. The van der Waals surface area contributed by atoms with Crippen molar-refractivity contribution >= 4 is 0 Å².